The SMILES string of the molecule is CCCOc1cc(OCOC(=O)C(C)(C)C)c(CC)cc1/C=C/C(=O)c1ccc(OCOC(=O)C(C)(C)C)cc1. The lowest BCUT2D eigenvalue weighted by molar-refractivity contribution is -0.160. The van der Waals surface area contributed by atoms with Gasteiger partial charge in [-0.2, -0.15) is 0 Å². The van der Waals surface area contributed by atoms with Crippen LogP contribution < -0.4 is 14.2 Å². The first-order valence-electron chi connectivity index (χ1n) is 13.5. The van der Waals surface area contributed by atoms with E-state index in [0.29, 0.717) is 35.8 Å². The Bertz CT molecular complexity index is 1180. The maximum atomic E-state index is 12.9. The van der Waals surface area contributed by atoms with Crippen molar-refractivity contribution in [3.8, 4) is 17.2 Å². The number of benzene rings is 2. The summed E-state index contributed by atoms with van der Waals surface area (Å²) >= 11 is 0. The van der Waals surface area contributed by atoms with E-state index in [9.17, 15) is 14.4 Å². The number of rotatable bonds is 13. The van der Waals surface area contributed by atoms with Crippen LogP contribution in [0.15, 0.2) is 42.5 Å². The van der Waals surface area contributed by atoms with Crippen LogP contribution in [0.25, 0.3) is 6.08 Å². The van der Waals surface area contributed by atoms with Crippen molar-refractivity contribution in [1.82, 2.24) is 0 Å². The monoisotopic (exact) mass is 554 g/mol. The van der Waals surface area contributed by atoms with E-state index in [1.54, 1.807) is 78.0 Å². The highest BCUT2D eigenvalue weighted by molar-refractivity contribution is 6.07. The summed E-state index contributed by atoms with van der Waals surface area (Å²) in [5.41, 5.74) is 0.860. The number of ether oxygens (including phenoxy) is 5. The maximum Gasteiger partial charge on any atom is 0.314 e. The number of ketones is 1. The van der Waals surface area contributed by atoms with Crippen molar-refractivity contribution in [2.45, 2.75) is 68.2 Å². The Morgan fingerprint density at radius 1 is 0.750 bits per heavy atom. The van der Waals surface area contributed by atoms with E-state index in [-0.39, 0.29) is 31.3 Å². The van der Waals surface area contributed by atoms with Crippen LogP contribution in [0.1, 0.15) is 83.3 Å². The molecule has 2 aromatic rings. The van der Waals surface area contributed by atoms with Gasteiger partial charge in [0, 0.05) is 17.2 Å². The number of esters is 2. The van der Waals surface area contributed by atoms with Crippen molar-refractivity contribution >= 4 is 23.8 Å². The summed E-state index contributed by atoms with van der Waals surface area (Å²) in [5.74, 6) is 0.695. The molecule has 0 saturated carbocycles. The third-order valence-electron chi connectivity index (χ3n) is 5.63. The quantitative estimate of drug-likeness (QED) is 0.116. The Labute approximate surface area is 237 Å². The molecule has 0 heterocycles. The van der Waals surface area contributed by atoms with Crippen LogP contribution in [0.4, 0.5) is 0 Å². The third-order valence-corrected chi connectivity index (χ3v) is 5.63. The average molecular weight is 555 g/mol. The molecule has 0 saturated heterocycles. The summed E-state index contributed by atoms with van der Waals surface area (Å²) in [7, 11) is 0. The van der Waals surface area contributed by atoms with Crippen molar-refractivity contribution in [2.75, 3.05) is 20.2 Å². The molecule has 0 aliphatic heterocycles. The zero-order chi connectivity index (χ0) is 29.9. The lowest BCUT2D eigenvalue weighted by Gasteiger charge is -2.18. The zero-order valence-corrected chi connectivity index (χ0v) is 24.9. The molecular formula is C32H42O8. The normalized spacial score (nSPS) is 11.7. The number of hydrogen-bond acceptors (Lipinski definition) is 8. The fourth-order valence-electron chi connectivity index (χ4n) is 3.21. The summed E-state index contributed by atoms with van der Waals surface area (Å²) in [4.78, 5) is 36.8. The maximum absolute atomic E-state index is 12.9. The van der Waals surface area contributed by atoms with Crippen LogP contribution in [0.2, 0.25) is 0 Å². The zero-order valence-electron chi connectivity index (χ0n) is 24.9. The standard InChI is InChI=1S/C32H42O8/c1-9-17-36-28-19-27(38-21-40-30(35)32(6,7)8)22(10-2)18-24(28)13-16-26(33)23-11-14-25(15-12-23)37-20-39-29(34)31(3,4)5/h11-16,18-19H,9-10,17,20-21H2,1-8H3/b16-13+. The summed E-state index contributed by atoms with van der Waals surface area (Å²) in [6.45, 7) is 14.7. The predicted molar refractivity (Wildman–Crippen MR) is 153 cm³/mol. The van der Waals surface area contributed by atoms with E-state index in [0.717, 1.165) is 17.5 Å². The molecule has 0 aliphatic carbocycles. The van der Waals surface area contributed by atoms with Gasteiger partial charge >= 0.3 is 11.9 Å². The molecule has 0 N–H and O–H groups in total. The fourth-order valence-corrected chi connectivity index (χ4v) is 3.21. The minimum Gasteiger partial charge on any atom is -0.493 e. The summed E-state index contributed by atoms with van der Waals surface area (Å²) in [6.07, 6.45) is 4.67. The summed E-state index contributed by atoms with van der Waals surface area (Å²) in [5, 5.41) is 0. The Kier molecular flexibility index (Phi) is 11.8. The van der Waals surface area contributed by atoms with Crippen molar-refractivity contribution in [1.29, 1.82) is 0 Å². The van der Waals surface area contributed by atoms with E-state index < -0.39 is 10.8 Å². The molecule has 0 fully saturated rings. The number of carbonyl (C=O) groups is 3. The van der Waals surface area contributed by atoms with Crippen molar-refractivity contribution in [3.05, 3.63) is 59.2 Å². The van der Waals surface area contributed by atoms with Gasteiger partial charge in [-0.25, -0.2) is 0 Å². The van der Waals surface area contributed by atoms with Gasteiger partial charge in [0.15, 0.2) is 5.78 Å². The van der Waals surface area contributed by atoms with Crippen molar-refractivity contribution in [3.63, 3.8) is 0 Å². The van der Waals surface area contributed by atoms with Gasteiger partial charge in [-0.15, -0.1) is 0 Å². The number of carbonyl (C=O) groups excluding carboxylic acids is 3. The topological polar surface area (TPSA) is 97.4 Å². The van der Waals surface area contributed by atoms with Crippen LogP contribution in [0, 0.1) is 10.8 Å². The molecule has 0 aliphatic rings. The smallest absolute Gasteiger partial charge is 0.314 e. The first-order chi connectivity index (χ1) is 18.8. The molecule has 8 nitrogen and oxygen atoms in total. The van der Waals surface area contributed by atoms with Crippen LogP contribution in [-0.2, 0) is 25.5 Å². The molecule has 0 unspecified atom stereocenters. The molecule has 0 aromatic heterocycles. The second-order valence-corrected chi connectivity index (χ2v) is 11.3. The second-order valence-electron chi connectivity index (χ2n) is 11.3. The van der Waals surface area contributed by atoms with Gasteiger partial charge < -0.3 is 23.7 Å². The van der Waals surface area contributed by atoms with Gasteiger partial charge in [-0.3, -0.25) is 14.4 Å². The molecule has 218 valence electrons. The molecule has 0 atom stereocenters. The fraction of sp³-hybridized carbons (Fsp3) is 0.469. The minimum atomic E-state index is -0.623. The average Bonchev–Trinajstić information content (AvgIpc) is 2.90. The molecule has 0 spiro atoms. The van der Waals surface area contributed by atoms with Gasteiger partial charge in [-0.05, 0) is 102 Å². The van der Waals surface area contributed by atoms with Gasteiger partial charge in [-0.1, -0.05) is 13.8 Å². The van der Waals surface area contributed by atoms with E-state index in [1.807, 2.05) is 19.9 Å². The Hall–Kier alpha value is -3.81. The van der Waals surface area contributed by atoms with Crippen LogP contribution in [-0.4, -0.2) is 37.9 Å². The van der Waals surface area contributed by atoms with Gasteiger partial charge in [0.25, 0.3) is 0 Å². The molecule has 0 amide bonds. The molecule has 40 heavy (non-hydrogen) atoms. The molecule has 0 bridgehead atoms. The van der Waals surface area contributed by atoms with Crippen LogP contribution in [0.5, 0.6) is 17.2 Å². The molecular weight excluding hydrogens is 512 g/mol. The first kappa shape index (κ1) is 32.4. The molecule has 2 rings (SSSR count). The molecule has 8 heteroatoms. The van der Waals surface area contributed by atoms with E-state index >= 15 is 0 Å². The Morgan fingerprint density at radius 3 is 1.85 bits per heavy atom. The molecule has 0 radical (unpaired) electrons. The highest BCUT2D eigenvalue weighted by atomic mass is 16.7. The van der Waals surface area contributed by atoms with Crippen molar-refractivity contribution in [2.24, 2.45) is 10.8 Å². The van der Waals surface area contributed by atoms with E-state index in [2.05, 4.69) is 0 Å². The second kappa shape index (κ2) is 14.5. The highest BCUT2D eigenvalue weighted by Gasteiger charge is 2.24. The first-order valence-corrected chi connectivity index (χ1v) is 13.5. The lowest BCUT2D eigenvalue weighted by Crippen LogP contribution is -2.24. The van der Waals surface area contributed by atoms with E-state index in [1.165, 1.54) is 6.08 Å². The van der Waals surface area contributed by atoms with Crippen LogP contribution in [0.3, 0.4) is 0 Å². The summed E-state index contributed by atoms with van der Waals surface area (Å²) < 4.78 is 27.5. The Balaban J connectivity index is 2.12. The molecule has 2 aromatic carbocycles. The minimum absolute atomic E-state index is 0.195. The van der Waals surface area contributed by atoms with E-state index in [4.69, 9.17) is 23.7 Å². The van der Waals surface area contributed by atoms with Crippen molar-refractivity contribution < 1.29 is 38.1 Å². The largest absolute Gasteiger partial charge is 0.493 e. The number of aryl methyl sites for hydroxylation is 1. The van der Waals surface area contributed by atoms with Gasteiger partial charge in [0.05, 0.1) is 17.4 Å². The third kappa shape index (κ3) is 10.1. The number of hydrogen-bond donors (Lipinski definition) is 0. The number of allylic oxidation sites excluding steroid dienone is 1. The van der Waals surface area contributed by atoms with Gasteiger partial charge in [0.2, 0.25) is 13.6 Å². The Morgan fingerprint density at radius 2 is 1.32 bits per heavy atom. The van der Waals surface area contributed by atoms with Crippen LogP contribution >= 0.6 is 0 Å². The predicted octanol–water partition coefficient (Wildman–Crippen LogP) is 6.79. The lowest BCUT2D eigenvalue weighted by atomic mass is 9.97. The highest BCUT2D eigenvalue weighted by Crippen LogP contribution is 2.31. The summed E-state index contributed by atoms with van der Waals surface area (Å²) in [6, 6.07) is 10.3. The van der Waals surface area contributed by atoms with Gasteiger partial charge in [0.1, 0.15) is 17.2 Å².